The molecule has 0 saturated carbocycles. The summed E-state index contributed by atoms with van der Waals surface area (Å²) < 4.78 is 61.7. The van der Waals surface area contributed by atoms with Crippen LogP contribution in [0, 0.1) is 23.3 Å². The Bertz CT molecular complexity index is 1390. The summed E-state index contributed by atoms with van der Waals surface area (Å²) in [5.41, 5.74) is -2.34. The van der Waals surface area contributed by atoms with E-state index in [-0.39, 0.29) is 11.4 Å². The molecule has 15 heteroatoms. The van der Waals surface area contributed by atoms with E-state index >= 15 is 0 Å². The second kappa shape index (κ2) is 11.5. The fraction of sp³-hybridized carbons (Fsp3) is 0.217. The summed E-state index contributed by atoms with van der Waals surface area (Å²) in [6, 6.07) is 5.40. The number of carboxylic acids is 2. The van der Waals surface area contributed by atoms with Crippen molar-refractivity contribution < 1.29 is 52.0 Å². The lowest BCUT2D eigenvalue weighted by Crippen LogP contribution is -2.48. The number of benzene rings is 2. The van der Waals surface area contributed by atoms with E-state index in [0.29, 0.717) is 16.3 Å². The molecule has 0 aliphatic carbocycles. The lowest BCUT2D eigenvalue weighted by molar-refractivity contribution is -0.148. The summed E-state index contributed by atoms with van der Waals surface area (Å²) in [6.07, 6.45) is -2.38. The number of carboxylic acid groups (broad SMARTS) is 2. The van der Waals surface area contributed by atoms with Gasteiger partial charge >= 0.3 is 11.9 Å². The molecule has 0 aliphatic heterocycles. The van der Waals surface area contributed by atoms with Gasteiger partial charge in [0.25, 0.3) is 5.91 Å². The number of aliphatic carboxylic acids is 1. The largest absolute Gasteiger partial charge is 0.491 e. The average Bonchev–Trinajstić information content (AvgIpc) is 3.30. The lowest BCUT2D eigenvalue weighted by Gasteiger charge is -2.21. The third-order valence-corrected chi connectivity index (χ3v) is 5.77. The number of carbonyl (C=O) groups is 3. The summed E-state index contributed by atoms with van der Waals surface area (Å²) in [6.45, 7) is -1.15. The minimum absolute atomic E-state index is 0.213. The summed E-state index contributed by atoms with van der Waals surface area (Å²) in [4.78, 5) is 35.9. The second-order valence-electron chi connectivity index (χ2n) is 7.80. The summed E-state index contributed by atoms with van der Waals surface area (Å²) in [5, 5.41) is 34.8. The Morgan fingerprint density at radius 1 is 1.08 bits per heavy atom. The molecule has 0 bridgehead atoms. The van der Waals surface area contributed by atoms with Crippen LogP contribution in [0.5, 0.6) is 5.75 Å². The highest BCUT2D eigenvalue weighted by Gasteiger charge is 2.31. The van der Waals surface area contributed by atoms with E-state index in [9.17, 15) is 47.3 Å². The van der Waals surface area contributed by atoms with Gasteiger partial charge in [-0.15, -0.1) is 0 Å². The van der Waals surface area contributed by atoms with Crippen molar-refractivity contribution >= 4 is 29.4 Å². The van der Waals surface area contributed by atoms with Crippen LogP contribution in [0.15, 0.2) is 30.3 Å². The van der Waals surface area contributed by atoms with Crippen molar-refractivity contribution in [2.75, 3.05) is 7.11 Å². The maximum Gasteiger partial charge on any atom is 0.354 e. The number of methoxy groups -OCH3 is 1. The molecule has 0 aliphatic rings. The topological polar surface area (TPSA) is 151 Å². The zero-order chi connectivity index (χ0) is 28.3. The molecule has 3 rings (SSSR count). The van der Waals surface area contributed by atoms with Crippen LogP contribution in [0.1, 0.15) is 32.1 Å². The molecule has 2 aromatic carbocycles. The van der Waals surface area contributed by atoms with Crippen molar-refractivity contribution in [3.05, 3.63) is 81.1 Å². The average molecular weight is 560 g/mol. The van der Waals surface area contributed by atoms with Crippen molar-refractivity contribution in [1.82, 2.24) is 15.1 Å². The van der Waals surface area contributed by atoms with Crippen LogP contribution in [-0.4, -0.2) is 62.2 Å². The van der Waals surface area contributed by atoms with E-state index in [1.807, 2.05) is 0 Å². The minimum atomic E-state index is -2.12. The molecule has 38 heavy (non-hydrogen) atoms. The number of aromatic nitrogens is 2. The molecule has 0 unspecified atom stereocenters. The zero-order valence-corrected chi connectivity index (χ0v) is 20.0. The number of aromatic carboxylic acids is 1. The highest BCUT2D eigenvalue weighted by Crippen LogP contribution is 2.30. The normalized spacial score (nSPS) is 12.6. The van der Waals surface area contributed by atoms with Crippen LogP contribution in [0.2, 0.25) is 5.02 Å². The molecule has 1 amide bonds. The van der Waals surface area contributed by atoms with Gasteiger partial charge in [0.2, 0.25) is 11.6 Å². The van der Waals surface area contributed by atoms with Gasteiger partial charge in [0, 0.05) is 11.1 Å². The molecule has 0 spiro atoms. The van der Waals surface area contributed by atoms with Gasteiger partial charge in [-0.2, -0.15) is 13.9 Å². The molecule has 1 heterocycles. The number of carbonyl (C=O) groups excluding carboxylic acids is 1. The Balaban J connectivity index is 1.96. The number of hydrogen-bond acceptors (Lipinski definition) is 6. The van der Waals surface area contributed by atoms with Crippen LogP contribution in [0.3, 0.4) is 0 Å². The highest BCUT2D eigenvalue weighted by molar-refractivity contribution is 6.31. The van der Waals surface area contributed by atoms with Crippen molar-refractivity contribution in [3.8, 4) is 5.75 Å². The summed E-state index contributed by atoms with van der Waals surface area (Å²) in [7, 11) is 0.779. The molecule has 3 aromatic rings. The van der Waals surface area contributed by atoms with Gasteiger partial charge < -0.3 is 25.4 Å². The van der Waals surface area contributed by atoms with E-state index in [1.54, 1.807) is 12.1 Å². The Kier molecular flexibility index (Phi) is 8.58. The van der Waals surface area contributed by atoms with Crippen molar-refractivity contribution in [2.45, 2.75) is 25.1 Å². The van der Waals surface area contributed by atoms with Crippen LogP contribution in [0.25, 0.3) is 0 Å². The fourth-order valence-corrected chi connectivity index (χ4v) is 3.72. The Morgan fingerprint density at radius 3 is 2.21 bits per heavy atom. The maximum absolute atomic E-state index is 14.4. The first-order chi connectivity index (χ1) is 17.9. The molecular formula is C23H18ClF4N3O7. The van der Waals surface area contributed by atoms with E-state index in [0.717, 1.165) is 7.11 Å². The monoisotopic (exact) mass is 559 g/mol. The first kappa shape index (κ1) is 28.4. The number of amides is 1. The van der Waals surface area contributed by atoms with E-state index < -0.39 is 82.5 Å². The number of nitrogens with one attached hydrogen (secondary N) is 1. The van der Waals surface area contributed by atoms with Crippen LogP contribution >= 0.6 is 11.6 Å². The van der Waals surface area contributed by atoms with Crippen molar-refractivity contribution in [1.29, 1.82) is 0 Å². The molecule has 1 aromatic heterocycles. The highest BCUT2D eigenvalue weighted by atomic mass is 35.5. The van der Waals surface area contributed by atoms with Crippen molar-refractivity contribution in [2.24, 2.45) is 0 Å². The Labute approximate surface area is 216 Å². The second-order valence-corrected chi connectivity index (χ2v) is 8.21. The Morgan fingerprint density at radius 2 is 1.68 bits per heavy atom. The molecule has 4 N–H and O–H groups in total. The number of aliphatic hydroxyl groups excluding tert-OH is 1. The molecule has 0 saturated heterocycles. The zero-order valence-electron chi connectivity index (χ0n) is 19.2. The lowest BCUT2D eigenvalue weighted by atomic mass is 10.0. The van der Waals surface area contributed by atoms with Gasteiger partial charge in [0.05, 0.1) is 25.3 Å². The minimum Gasteiger partial charge on any atom is -0.491 e. The van der Waals surface area contributed by atoms with Crippen LogP contribution in [-0.2, 0) is 17.8 Å². The Hall–Kier alpha value is -4.17. The number of ether oxygens (including phenoxy) is 1. The first-order valence-electron chi connectivity index (χ1n) is 10.5. The molecule has 0 fully saturated rings. The predicted molar refractivity (Wildman–Crippen MR) is 121 cm³/mol. The molecule has 2 atom stereocenters. The van der Waals surface area contributed by atoms with Crippen LogP contribution in [0.4, 0.5) is 17.6 Å². The third-order valence-electron chi connectivity index (χ3n) is 5.41. The molecule has 202 valence electrons. The molecule has 10 nitrogen and oxygen atoms in total. The number of nitrogens with zero attached hydrogens (tertiary/aromatic N) is 2. The smallest absolute Gasteiger partial charge is 0.354 e. The standard InChI is InChI=1S/C23H18ClF4N3O7/c1-38-20-17(27)15(25)10(16(26)18(20)28)8-31-14(22(34)35)7-13(30-31)21(33)29-12(19(32)23(36)37)6-9-4-2-3-5-11(9)24/h2-5,7,12,19,32H,6,8H2,1H3,(H,29,33)(H,34,35)(H,36,37)/t12-,19-/m1/s1. The van der Waals surface area contributed by atoms with Gasteiger partial charge in [-0.3, -0.25) is 9.48 Å². The first-order valence-corrected chi connectivity index (χ1v) is 10.9. The summed E-state index contributed by atoms with van der Waals surface area (Å²) >= 11 is 6.06. The number of aliphatic hydroxyl groups is 1. The van der Waals surface area contributed by atoms with E-state index in [4.69, 9.17) is 11.6 Å². The van der Waals surface area contributed by atoms with Crippen molar-refractivity contribution in [3.63, 3.8) is 0 Å². The predicted octanol–water partition coefficient (Wildman–Crippen LogP) is 2.63. The molecular weight excluding hydrogens is 542 g/mol. The van der Waals surface area contributed by atoms with Gasteiger partial charge in [-0.05, 0) is 18.1 Å². The third kappa shape index (κ3) is 5.70. The van der Waals surface area contributed by atoms with Gasteiger partial charge in [0.15, 0.2) is 29.2 Å². The van der Waals surface area contributed by atoms with E-state index in [1.165, 1.54) is 12.1 Å². The van der Waals surface area contributed by atoms with E-state index in [2.05, 4.69) is 15.2 Å². The number of hydrogen-bond donors (Lipinski definition) is 4. The van der Waals surface area contributed by atoms with Crippen LogP contribution < -0.4 is 10.1 Å². The van der Waals surface area contributed by atoms with Gasteiger partial charge in [0.1, 0.15) is 5.69 Å². The summed E-state index contributed by atoms with van der Waals surface area (Å²) in [5.74, 6) is -13.4. The maximum atomic E-state index is 14.4. The number of rotatable bonds is 10. The van der Waals surface area contributed by atoms with Gasteiger partial charge in [-0.25, -0.2) is 18.4 Å². The van der Waals surface area contributed by atoms with Gasteiger partial charge in [-0.1, -0.05) is 29.8 Å². The quantitative estimate of drug-likeness (QED) is 0.219. The fourth-order valence-electron chi connectivity index (χ4n) is 3.50. The SMILES string of the molecule is COc1c(F)c(F)c(Cn2nc(C(=O)N[C@H](Cc3ccccc3Cl)[C@@H](O)C(=O)O)cc2C(=O)O)c(F)c1F. The number of halogens is 5. The molecule has 0 radical (unpaired) electrons.